The highest BCUT2D eigenvalue weighted by atomic mass is 19.1. The summed E-state index contributed by atoms with van der Waals surface area (Å²) < 4.78 is 13.5. The minimum atomic E-state index is -0.194. The Balaban J connectivity index is 2.41. The van der Waals surface area contributed by atoms with Crippen LogP contribution in [0.1, 0.15) is 56.9 Å². The summed E-state index contributed by atoms with van der Waals surface area (Å²) in [5, 5.41) is 9.34. The van der Waals surface area contributed by atoms with Crippen molar-refractivity contribution in [3.8, 4) is 0 Å². The number of benzene rings is 1. The lowest BCUT2D eigenvalue weighted by Gasteiger charge is -2.15. The second-order valence-electron chi connectivity index (χ2n) is 4.60. The molecule has 0 spiro atoms. The first-order valence-corrected chi connectivity index (χ1v) is 6.64. The molecule has 0 saturated carbocycles. The Morgan fingerprint density at radius 3 is 2.47 bits per heavy atom. The molecule has 1 unspecified atom stereocenters. The predicted molar refractivity (Wildman–Crippen MR) is 69.6 cm³/mol. The number of aliphatic hydroxyl groups is 1. The number of hydrogen-bond donors (Lipinski definition) is 1. The van der Waals surface area contributed by atoms with Crippen molar-refractivity contribution in [1.82, 2.24) is 0 Å². The van der Waals surface area contributed by atoms with Crippen LogP contribution in [-0.4, -0.2) is 11.7 Å². The predicted octanol–water partition coefficient (Wildman–Crippen LogP) is 4.26. The summed E-state index contributed by atoms with van der Waals surface area (Å²) >= 11 is 0. The van der Waals surface area contributed by atoms with E-state index in [1.165, 1.54) is 31.7 Å². The van der Waals surface area contributed by atoms with Crippen LogP contribution in [0.5, 0.6) is 0 Å². The average Bonchev–Trinajstić information content (AvgIpc) is 2.35. The highest BCUT2D eigenvalue weighted by Crippen LogP contribution is 2.24. The third-order valence-corrected chi connectivity index (χ3v) is 3.22. The Morgan fingerprint density at radius 2 is 1.82 bits per heavy atom. The van der Waals surface area contributed by atoms with Gasteiger partial charge in [0.1, 0.15) is 5.82 Å². The molecule has 0 radical (unpaired) electrons. The SMILES string of the molecule is CCCCCCCC(CO)c1ccccc1F. The molecule has 0 fully saturated rings. The van der Waals surface area contributed by atoms with Gasteiger partial charge < -0.3 is 5.11 Å². The van der Waals surface area contributed by atoms with Crippen LogP contribution in [0, 0.1) is 5.82 Å². The molecule has 1 nitrogen and oxygen atoms in total. The summed E-state index contributed by atoms with van der Waals surface area (Å²) in [6.07, 6.45) is 6.87. The molecular formula is C15H23FO. The van der Waals surface area contributed by atoms with Gasteiger partial charge in [0, 0.05) is 5.92 Å². The fourth-order valence-electron chi connectivity index (χ4n) is 2.15. The zero-order valence-electron chi connectivity index (χ0n) is 10.7. The van der Waals surface area contributed by atoms with Gasteiger partial charge in [0.15, 0.2) is 0 Å². The van der Waals surface area contributed by atoms with Gasteiger partial charge in [-0.15, -0.1) is 0 Å². The van der Waals surface area contributed by atoms with E-state index in [1.807, 2.05) is 6.07 Å². The van der Waals surface area contributed by atoms with Gasteiger partial charge >= 0.3 is 0 Å². The van der Waals surface area contributed by atoms with Crippen LogP contribution in [0.4, 0.5) is 4.39 Å². The molecule has 1 aromatic rings. The van der Waals surface area contributed by atoms with Crippen LogP contribution < -0.4 is 0 Å². The monoisotopic (exact) mass is 238 g/mol. The van der Waals surface area contributed by atoms with Gasteiger partial charge in [-0.2, -0.15) is 0 Å². The smallest absolute Gasteiger partial charge is 0.126 e. The minimum Gasteiger partial charge on any atom is -0.396 e. The summed E-state index contributed by atoms with van der Waals surface area (Å²) in [6, 6.07) is 6.77. The number of aliphatic hydroxyl groups excluding tert-OH is 1. The van der Waals surface area contributed by atoms with Crippen molar-refractivity contribution < 1.29 is 9.50 Å². The van der Waals surface area contributed by atoms with Crippen molar-refractivity contribution in [2.75, 3.05) is 6.61 Å². The third kappa shape index (κ3) is 4.86. The minimum absolute atomic E-state index is 0.0364. The Morgan fingerprint density at radius 1 is 1.12 bits per heavy atom. The number of unbranched alkanes of at least 4 members (excludes halogenated alkanes) is 4. The van der Waals surface area contributed by atoms with Gasteiger partial charge in [-0.05, 0) is 18.1 Å². The fraction of sp³-hybridized carbons (Fsp3) is 0.600. The van der Waals surface area contributed by atoms with E-state index >= 15 is 0 Å². The van der Waals surface area contributed by atoms with E-state index in [4.69, 9.17) is 0 Å². The number of rotatable bonds is 8. The molecule has 0 aliphatic rings. The largest absolute Gasteiger partial charge is 0.396 e. The first-order chi connectivity index (χ1) is 8.29. The molecule has 17 heavy (non-hydrogen) atoms. The van der Waals surface area contributed by atoms with Gasteiger partial charge in [0.05, 0.1) is 6.61 Å². The van der Waals surface area contributed by atoms with E-state index < -0.39 is 0 Å². The molecule has 1 atom stereocenters. The van der Waals surface area contributed by atoms with Crippen molar-refractivity contribution >= 4 is 0 Å². The van der Waals surface area contributed by atoms with Crippen molar-refractivity contribution in [2.45, 2.75) is 51.4 Å². The Kier molecular flexibility index (Phi) is 6.87. The van der Waals surface area contributed by atoms with Crippen LogP contribution in [0.2, 0.25) is 0 Å². The molecule has 96 valence electrons. The molecule has 1 aromatic carbocycles. The van der Waals surface area contributed by atoms with Gasteiger partial charge in [0.2, 0.25) is 0 Å². The summed E-state index contributed by atoms with van der Waals surface area (Å²) in [6.45, 7) is 2.23. The molecule has 2 heteroatoms. The lowest BCUT2D eigenvalue weighted by molar-refractivity contribution is 0.253. The van der Waals surface area contributed by atoms with E-state index in [0.29, 0.717) is 5.56 Å². The summed E-state index contributed by atoms with van der Waals surface area (Å²) in [5.41, 5.74) is 0.658. The van der Waals surface area contributed by atoms with Crippen LogP contribution in [0.25, 0.3) is 0 Å². The summed E-state index contributed by atoms with van der Waals surface area (Å²) in [7, 11) is 0. The molecule has 0 aromatic heterocycles. The maximum absolute atomic E-state index is 13.5. The first kappa shape index (κ1) is 14.2. The number of hydrogen-bond acceptors (Lipinski definition) is 1. The lowest BCUT2D eigenvalue weighted by Crippen LogP contribution is -2.06. The molecular weight excluding hydrogens is 215 g/mol. The molecule has 0 aliphatic heterocycles. The lowest BCUT2D eigenvalue weighted by atomic mass is 9.93. The summed E-state index contributed by atoms with van der Waals surface area (Å²) in [4.78, 5) is 0. The molecule has 1 rings (SSSR count). The van der Waals surface area contributed by atoms with Crippen LogP contribution in [0.15, 0.2) is 24.3 Å². The number of halogens is 1. The van der Waals surface area contributed by atoms with E-state index in [-0.39, 0.29) is 18.3 Å². The van der Waals surface area contributed by atoms with Crippen molar-refractivity contribution in [3.05, 3.63) is 35.6 Å². The first-order valence-electron chi connectivity index (χ1n) is 6.64. The molecule has 0 saturated heterocycles. The zero-order chi connectivity index (χ0) is 12.5. The van der Waals surface area contributed by atoms with Crippen LogP contribution >= 0.6 is 0 Å². The van der Waals surface area contributed by atoms with Gasteiger partial charge in [-0.25, -0.2) is 4.39 Å². The average molecular weight is 238 g/mol. The highest BCUT2D eigenvalue weighted by Gasteiger charge is 2.13. The van der Waals surface area contributed by atoms with Gasteiger partial charge in [-0.1, -0.05) is 57.2 Å². The quantitative estimate of drug-likeness (QED) is 0.671. The molecule has 0 amide bonds. The Labute approximate surface area is 104 Å². The van der Waals surface area contributed by atoms with Crippen molar-refractivity contribution in [3.63, 3.8) is 0 Å². The van der Waals surface area contributed by atoms with Crippen LogP contribution in [-0.2, 0) is 0 Å². The van der Waals surface area contributed by atoms with Crippen molar-refractivity contribution in [1.29, 1.82) is 0 Å². The van der Waals surface area contributed by atoms with Gasteiger partial charge in [-0.3, -0.25) is 0 Å². The second-order valence-corrected chi connectivity index (χ2v) is 4.60. The zero-order valence-corrected chi connectivity index (χ0v) is 10.7. The molecule has 0 aliphatic carbocycles. The Hall–Kier alpha value is -0.890. The normalized spacial score (nSPS) is 12.6. The molecule has 0 heterocycles. The van der Waals surface area contributed by atoms with E-state index in [2.05, 4.69) is 6.92 Å². The molecule has 0 bridgehead atoms. The standard InChI is InChI=1S/C15H23FO/c1-2-3-4-5-6-9-13(12-17)14-10-7-8-11-15(14)16/h7-8,10-11,13,17H,2-6,9,12H2,1H3. The molecule has 1 N–H and O–H groups in total. The maximum Gasteiger partial charge on any atom is 0.126 e. The van der Waals surface area contributed by atoms with Gasteiger partial charge in [0.25, 0.3) is 0 Å². The Bertz CT molecular complexity index is 312. The fourth-order valence-corrected chi connectivity index (χ4v) is 2.15. The third-order valence-electron chi connectivity index (χ3n) is 3.22. The van der Waals surface area contributed by atoms with Crippen LogP contribution in [0.3, 0.4) is 0 Å². The van der Waals surface area contributed by atoms with E-state index in [1.54, 1.807) is 12.1 Å². The second kappa shape index (κ2) is 8.24. The maximum atomic E-state index is 13.5. The van der Waals surface area contributed by atoms with E-state index in [0.717, 1.165) is 12.8 Å². The summed E-state index contributed by atoms with van der Waals surface area (Å²) in [5.74, 6) is -0.238. The van der Waals surface area contributed by atoms with E-state index in [9.17, 15) is 9.50 Å². The highest BCUT2D eigenvalue weighted by molar-refractivity contribution is 5.21. The van der Waals surface area contributed by atoms with Crippen molar-refractivity contribution in [2.24, 2.45) is 0 Å². The topological polar surface area (TPSA) is 20.2 Å².